The molecule has 7 heteroatoms. The summed E-state index contributed by atoms with van der Waals surface area (Å²) in [6, 6.07) is 10.5. The molecule has 0 spiro atoms. The zero-order valence-electron chi connectivity index (χ0n) is 12.1. The molecular formula is C16H15FN2O3S. The van der Waals surface area contributed by atoms with Crippen LogP contribution in [0.25, 0.3) is 0 Å². The number of hydrogen-bond acceptors (Lipinski definition) is 3. The maximum atomic E-state index is 12.9. The number of rotatable bonds is 6. The molecule has 0 atom stereocenters. The van der Waals surface area contributed by atoms with E-state index in [1.165, 1.54) is 42.5 Å². The summed E-state index contributed by atoms with van der Waals surface area (Å²) in [5, 5.41) is 2.57. The molecule has 23 heavy (non-hydrogen) atoms. The van der Waals surface area contributed by atoms with Gasteiger partial charge in [0.2, 0.25) is 0 Å². The highest BCUT2D eigenvalue weighted by Crippen LogP contribution is 2.17. The number of hydrogen-bond donors (Lipinski definition) is 2. The molecule has 0 unspecified atom stereocenters. The van der Waals surface area contributed by atoms with Crippen molar-refractivity contribution in [3.8, 4) is 0 Å². The fourth-order valence-electron chi connectivity index (χ4n) is 1.80. The molecule has 2 rings (SSSR count). The Kier molecular flexibility index (Phi) is 5.13. The molecule has 2 N–H and O–H groups in total. The van der Waals surface area contributed by atoms with Crippen molar-refractivity contribution in [2.45, 2.75) is 4.90 Å². The molecule has 0 aliphatic carbocycles. The van der Waals surface area contributed by atoms with Crippen molar-refractivity contribution >= 4 is 21.6 Å². The Hall–Kier alpha value is -2.67. The van der Waals surface area contributed by atoms with E-state index >= 15 is 0 Å². The van der Waals surface area contributed by atoms with Gasteiger partial charge in [0.15, 0.2) is 0 Å². The summed E-state index contributed by atoms with van der Waals surface area (Å²) in [5.41, 5.74) is 0.446. The van der Waals surface area contributed by atoms with Crippen LogP contribution >= 0.6 is 0 Å². The van der Waals surface area contributed by atoms with Gasteiger partial charge in [0.1, 0.15) is 5.82 Å². The average molecular weight is 334 g/mol. The summed E-state index contributed by atoms with van der Waals surface area (Å²) >= 11 is 0. The number of carbonyl (C=O) groups excluding carboxylic acids is 1. The van der Waals surface area contributed by atoms with Crippen molar-refractivity contribution in [1.82, 2.24) is 5.32 Å². The highest BCUT2D eigenvalue weighted by atomic mass is 32.2. The number of amides is 1. The van der Waals surface area contributed by atoms with Gasteiger partial charge in [-0.25, -0.2) is 12.8 Å². The number of carbonyl (C=O) groups is 1. The summed E-state index contributed by atoms with van der Waals surface area (Å²) in [6.45, 7) is 3.77. The molecule has 0 heterocycles. The lowest BCUT2D eigenvalue weighted by molar-refractivity contribution is 0.0958. The number of nitrogens with one attached hydrogen (secondary N) is 2. The first-order chi connectivity index (χ1) is 10.9. The summed E-state index contributed by atoms with van der Waals surface area (Å²) in [4.78, 5) is 11.8. The molecule has 0 radical (unpaired) electrons. The van der Waals surface area contributed by atoms with Gasteiger partial charge in [0.05, 0.1) is 4.90 Å². The predicted molar refractivity (Wildman–Crippen MR) is 86.2 cm³/mol. The summed E-state index contributed by atoms with van der Waals surface area (Å²) in [7, 11) is -3.88. The van der Waals surface area contributed by atoms with Crippen LogP contribution in [0.3, 0.4) is 0 Å². The van der Waals surface area contributed by atoms with Crippen molar-refractivity contribution in [3.63, 3.8) is 0 Å². The molecule has 2 aromatic rings. The van der Waals surface area contributed by atoms with Gasteiger partial charge in [-0.2, -0.15) is 0 Å². The fourth-order valence-corrected chi connectivity index (χ4v) is 2.91. The van der Waals surface area contributed by atoms with Gasteiger partial charge in [-0.15, -0.1) is 6.58 Å². The van der Waals surface area contributed by atoms with Gasteiger partial charge in [-0.05, 0) is 42.5 Å². The Morgan fingerprint density at radius 3 is 2.52 bits per heavy atom. The quantitative estimate of drug-likeness (QED) is 0.797. The van der Waals surface area contributed by atoms with E-state index in [9.17, 15) is 17.6 Å². The van der Waals surface area contributed by atoms with Crippen molar-refractivity contribution in [1.29, 1.82) is 0 Å². The Morgan fingerprint density at radius 2 is 1.87 bits per heavy atom. The van der Waals surface area contributed by atoms with Gasteiger partial charge < -0.3 is 5.32 Å². The van der Waals surface area contributed by atoms with Crippen LogP contribution in [0.2, 0.25) is 0 Å². The van der Waals surface area contributed by atoms with Gasteiger partial charge in [-0.3, -0.25) is 9.52 Å². The summed E-state index contributed by atoms with van der Waals surface area (Å²) in [5.74, 6) is -0.863. The first kappa shape index (κ1) is 16.7. The van der Waals surface area contributed by atoms with E-state index < -0.39 is 21.7 Å². The number of halogens is 1. The molecule has 0 aliphatic rings. The molecule has 1 amide bonds. The molecule has 0 fully saturated rings. The van der Waals surface area contributed by atoms with Crippen molar-refractivity contribution in [3.05, 3.63) is 72.6 Å². The van der Waals surface area contributed by atoms with E-state index in [2.05, 4.69) is 16.6 Å². The van der Waals surface area contributed by atoms with Crippen LogP contribution in [0, 0.1) is 5.82 Å². The highest BCUT2D eigenvalue weighted by molar-refractivity contribution is 7.92. The fraction of sp³-hybridized carbons (Fsp3) is 0.0625. The third-order valence-corrected chi connectivity index (χ3v) is 4.29. The van der Waals surface area contributed by atoms with E-state index in [1.54, 1.807) is 0 Å². The zero-order chi connectivity index (χ0) is 16.9. The minimum atomic E-state index is -3.88. The molecule has 0 aromatic heterocycles. The van der Waals surface area contributed by atoms with E-state index in [1.807, 2.05) is 0 Å². The minimum Gasteiger partial charge on any atom is -0.349 e. The second-order valence-electron chi connectivity index (χ2n) is 4.64. The molecule has 2 aromatic carbocycles. The third-order valence-electron chi connectivity index (χ3n) is 2.91. The summed E-state index contributed by atoms with van der Waals surface area (Å²) in [6.07, 6.45) is 1.52. The van der Waals surface area contributed by atoms with E-state index in [-0.39, 0.29) is 22.7 Å². The maximum absolute atomic E-state index is 12.9. The van der Waals surface area contributed by atoms with Crippen LogP contribution in [0.4, 0.5) is 10.1 Å². The molecule has 0 aliphatic heterocycles. The zero-order valence-corrected chi connectivity index (χ0v) is 12.9. The standard InChI is InChI=1S/C16H15FN2O3S/c1-2-10-18-16(20)12-4-3-5-15(11-12)23(21,22)19-14-8-6-13(17)7-9-14/h2-9,11,19H,1,10H2,(H,18,20). The maximum Gasteiger partial charge on any atom is 0.261 e. The average Bonchev–Trinajstić information content (AvgIpc) is 2.54. The lowest BCUT2D eigenvalue weighted by atomic mass is 10.2. The topological polar surface area (TPSA) is 75.3 Å². The molecule has 0 bridgehead atoms. The molecular weight excluding hydrogens is 319 g/mol. The van der Waals surface area contributed by atoms with E-state index in [4.69, 9.17) is 0 Å². The normalized spacial score (nSPS) is 10.8. The third kappa shape index (κ3) is 4.40. The molecule has 120 valence electrons. The number of sulfonamides is 1. The number of anilines is 1. The number of benzene rings is 2. The Bertz CT molecular complexity index is 817. The van der Waals surface area contributed by atoms with Crippen LogP contribution in [0.1, 0.15) is 10.4 Å². The van der Waals surface area contributed by atoms with E-state index in [0.717, 1.165) is 12.1 Å². The van der Waals surface area contributed by atoms with Crippen LogP contribution in [0.5, 0.6) is 0 Å². The smallest absolute Gasteiger partial charge is 0.261 e. The Morgan fingerprint density at radius 1 is 1.17 bits per heavy atom. The van der Waals surface area contributed by atoms with Crippen molar-refractivity contribution in [2.24, 2.45) is 0 Å². The molecule has 5 nitrogen and oxygen atoms in total. The monoisotopic (exact) mass is 334 g/mol. The van der Waals surface area contributed by atoms with Crippen LogP contribution in [0.15, 0.2) is 66.1 Å². The van der Waals surface area contributed by atoms with Gasteiger partial charge in [0.25, 0.3) is 15.9 Å². The van der Waals surface area contributed by atoms with Crippen molar-refractivity contribution < 1.29 is 17.6 Å². The summed E-state index contributed by atoms with van der Waals surface area (Å²) < 4.78 is 39.8. The van der Waals surface area contributed by atoms with Crippen molar-refractivity contribution in [2.75, 3.05) is 11.3 Å². The lowest BCUT2D eigenvalue weighted by Crippen LogP contribution is -2.23. The van der Waals surface area contributed by atoms with Gasteiger partial charge in [-0.1, -0.05) is 12.1 Å². The Balaban J connectivity index is 2.24. The first-order valence-electron chi connectivity index (χ1n) is 6.70. The molecule has 0 saturated heterocycles. The largest absolute Gasteiger partial charge is 0.349 e. The van der Waals surface area contributed by atoms with Gasteiger partial charge >= 0.3 is 0 Å². The molecule has 0 saturated carbocycles. The second-order valence-corrected chi connectivity index (χ2v) is 6.32. The predicted octanol–water partition coefficient (Wildman–Crippen LogP) is 2.54. The highest BCUT2D eigenvalue weighted by Gasteiger charge is 2.16. The van der Waals surface area contributed by atoms with Crippen LogP contribution < -0.4 is 10.0 Å². The first-order valence-corrected chi connectivity index (χ1v) is 8.18. The Labute approximate surface area is 133 Å². The van der Waals surface area contributed by atoms with Gasteiger partial charge in [0, 0.05) is 17.8 Å². The second kappa shape index (κ2) is 7.06. The minimum absolute atomic E-state index is 0.0620. The SMILES string of the molecule is C=CCNC(=O)c1cccc(S(=O)(=O)Nc2ccc(F)cc2)c1. The lowest BCUT2D eigenvalue weighted by Gasteiger charge is -2.09. The van der Waals surface area contributed by atoms with E-state index in [0.29, 0.717) is 0 Å². The van der Waals surface area contributed by atoms with Crippen LogP contribution in [-0.2, 0) is 10.0 Å². The van der Waals surface area contributed by atoms with Crippen LogP contribution in [-0.4, -0.2) is 20.9 Å².